The predicted molar refractivity (Wildman–Crippen MR) is 77.4 cm³/mol. The van der Waals surface area contributed by atoms with Crippen LogP contribution < -0.4 is 5.32 Å². The normalized spacial score (nSPS) is 14.4. The molecule has 1 aliphatic rings. The van der Waals surface area contributed by atoms with E-state index in [0.717, 1.165) is 43.9 Å². The van der Waals surface area contributed by atoms with Gasteiger partial charge in [0.1, 0.15) is 0 Å². The zero-order chi connectivity index (χ0) is 13.1. The Balaban J connectivity index is 1.57. The van der Waals surface area contributed by atoms with Gasteiger partial charge in [0, 0.05) is 42.3 Å². The van der Waals surface area contributed by atoms with Gasteiger partial charge in [0.15, 0.2) is 0 Å². The van der Waals surface area contributed by atoms with Crippen molar-refractivity contribution in [2.45, 2.75) is 32.4 Å². The molecule has 0 fully saturated rings. The second-order valence-electron chi connectivity index (χ2n) is 5.00. The first kappa shape index (κ1) is 12.7. The average Bonchev–Trinajstić information content (AvgIpc) is 2.85. The van der Waals surface area contributed by atoms with Crippen LogP contribution in [0.15, 0.2) is 30.5 Å². The summed E-state index contributed by atoms with van der Waals surface area (Å²) in [5.41, 5.74) is 4.11. The summed E-state index contributed by atoms with van der Waals surface area (Å²) >= 11 is 5.89. The van der Waals surface area contributed by atoms with E-state index in [2.05, 4.69) is 27.2 Å². The fraction of sp³-hybridized carbons (Fsp3) is 0.400. The van der Waals surface area contributed by atoms with Crippen molar-refractivity contribution in [1.29, 1.82) is 0 Å². The van der Waals surface area contributed by atoms with E-state index in [4.69, 9.17) is 11.6 Å². The molecule has 1 N–H and O–H groups in total. The van der Waals surface area contributed by atoms with Gasteiger partial charge in [0.2, 0.25) is 0 Å². The average molecular weight is 276 g/mol. The number of nitrogens with zero attached hydrogens (tertiary/aromatic N) is 2. The molecular weight excluding hydrogens is 258 g/mol. The van der Waals surface area contributed by atoms with E-state index in [0.29, 0.717) is 0 Å². The van der Waals surface area contributed by atoms with Crippen LogP contribution in [0.2, 0.25) is 5.02 Å². The van der Waals surface area contributed by atoms with Gasteiger partial charge in [-0.25, -0.2) is 0 Å². The van der Waals surface area contributed by atoms with Crippen LogP contribution in [0, 0.1) is 0 Å². The third-order valence-electron chi connectivity index (χ3n) is 3.64. The molecule has 0 atom stereocenters. The zero-order valence-electron chi connectivity index (χ0n) is 10.9. The summed E-state index contributed by atoms with van der Waals surface area (Å²) < 4.78 is 2.17. The van der Waals surface area contributed by atoms with Gasteiger partial charge in [-0.05, 0) is 30.5 Å². The Labute approximate surface area is 118 Å². The summed E-state index contributed by atoms with van der Waals surface area (Å²) in [7, 11) is 0. The van der Waals surface area contributed by atoms with Gasteiger partial charge < -0.3 is 5.32 Å². The van der Waals surface area contributed by atoms with Gasteiger partial charge in [0.25, 0.3) is 0 Å². The summed E-state index contributed by atoms with van der Waals surface area (Å²) in [5.74, 6) is 0. The first-order chi connectivity index (χ1) is 9.33. The Morgan fingerprint density at radius 3 is 2.95 bits per heavy atom. The largest absolute Gasteiger partial charge is 0.312 e. The van der Waals surface area contributed by atoms with Crippen LogP contribution >= 0.6 is 11.6 Å². The lowest BCUT2D eigenvalue weighted by Crippen LogP contribution is -2.24. The molecule has 100 valence electrons. The summed E-state index contributed by atoms with van der Waals surface area (Å²) in [6.45, 7) is 3.03. The topological polar surface area (TPSA) is 29.9 Å². The first-order valence-electron chi connectivity index (χ1n) is 6.81. The maximum absolute atomic E-state index is 5.89. The lowest BCUT2D eigenvalue weighted by molar-refractivity contribution is 0.531. The number of fused-ring (bicyclic) bond motifs is 1. The maximum Gasteiger partial charge on any atom is 0.0537 e. The number of nitrogens with one attached hydrogen (secondary N) is 1. The minimum Gasteiger partial charge on any atom is -0.312 e. The molecule has 0 saturated carbocycles. The van der Waals surface area contributed by atoms with Gasteiger partial charge in [0.05, 0.1) is 6.20 Å². The number of benzene rings is 1. The van der Waals surface area contributed by atoms with E-state index < -0.39 is 0 Å². The highest BCUT2D eigenvalue weighted by molar-refractivity contribution is 6.30. The van der Waals surface area contributed by atoms with Crippen molar-refractivity contribution in [1.82, 2.24) is 15.1 Å². The maximum atomic E-state index is 5.89. The Bertz CT molecular complexity index is 545. The van der Waals surface area contributed by atoms with Crippen molar-refractivity contribution >= 4 is 11.6 Å². The van der Waals surface area contributed by atoms with Crippen LogP contribution in [-0.4, -0.2) is 16.3 Å². The third-order valence-corrected chi connectivity index (χ3v) is 3.89. The van der Waals surface area contributed by atoms with Gasteiger partial charge in [-0.1, -0.05) is 23.7 Å². The zero-order valence-corrected chi connectivity index (χ0v) is 11.7. The summed E-state index contributed by atoms with van der Waals surface area (Å²) in [6, 6.07) is 8.12. The van der Waals surface area contributed by atoms with Crippen LogP contribution in [0.3, 0.4) is 0 Å². The molecule has 1 aromatic carbocycles. The van der Waals surface area contributed by atoms with Crippen molar-refractivity contribution in [3.05, 3.63) is 52.3 Å². The molecular formula is C15H18ClN3. The van der Waals surface area contributed by atoms with E-state index in [1.165, 1.54) is 16.8 Å². The van der Waals surface area contributed by atoms with Gasteiger partial charge >= 0.3 is 0 Å². The minimum atomic E-state index is 0.803. The van der Waals surface area contributed by atoms with E-state index in [1.807, 2.05) is 18.3 Å². The molecule has 0 amide bonds. The highest BCUT2D eigenvalue weighted by Crippen LogP contribution is 2.15. The summed E-state index contributed by atoms with van der Waals surface area (Å²) in [6.07, 6.45) is 5.29. The lowest BCUT2D eigenvalue weighted by Gasteiger charge is -2.15. The molecule has 0 bridgehead atoms. The van der Waals surface area contributed by atoms with E-state index in [1.54, 1.807) is 0 Å². The molecule has 4 heteroatoms. The Morgan fingerprint density at radius 1 is 1.26 bits per heavy atom. The SMILES string of the molecule is Clc1ccc(CCCn2ncc3c2CCNC3)cc1. The Hall–Kier alpha value is -1.32. The van der Waals surface area contributed by atoms with Crippen molar-refractivity contribution in [3.8, 4) is 0 Å². The van der Waals surface area contributed by atoms with Crippen LogP contribution in [0.5, 0.6) is 0 Å². The van der Waals surface area contributed by atoms with Crippen LogP contribution in [-0.2, 0) is 25.9 Å². The van der Waals surface area contributed by atoms with Crippen LogP contribution in [0.25, 0.3) is 0 Å². The highest BCUT2D eigenvalue weighted by Gasteiger charge is 2.13. The van der Waals surface area contributed by atoms with Gasteiger partial charge in [-0.2, -0.15) is 5.10 Å². The van der Waals surface area contributed by atoms with E-state index in [9.17, 15) is 0 Å². The fourth-order valence-corrected chi connectivity index (χ4v) is 2.72. The molecule has 2 aromatic rings. The Kier molecular flexibility index (Phi) is 3.85. The molecule has 1 aromatic heterocycles. The second kappa shape index (κ2) is 5.76. The molecule has 1 aliphatic heterocycles. The molecule has 0 unspecified atom stereocenters. The second-order valence-corrected chi connectivity index (χ2v) is 5.43. The molecule has 3 rings (SSSR count). The van der Waals surface area contributed by atoms with Gasteiger partial charge in [-0.15, -0.1) is 0 Å². The molecule has 19 heavy (non-hydrogen) atoms. The van der Waals surface area contributed by atoms with E-state index >= 15 is 0 Å². The number of hydrogen-bond donors (Lipinski definition) is 1. The van der Waals surface area contributed by atoms with Crippen molar-refractivity contribution in [2.24, 2.45) is 0 Å². The Morgan fingerprint density at radius 2 is 2.11 bits per heavy atom. The molecule has 0 saturated heterocycles. The lowest BCUT2D eigenvalue weighted by atomic mass is 10.1. The monoisotopic (exact) mass is 275 g/mol. The third kappa shape index (κ3) is 2.99. The molecule has 3 nitrogen and oxygen atoms in total. The number of aryl methyl sites for hydroxylation is 2. The first-order valence-corrected chi connectivity index (χ1v) is 7.19. The smallest absolute Gasteiger partial charge is 0.0537 e. The standard InChI is InChI=1S/C15H18ClN3/c16-14-5-3-12(4-6-14)2-1-9-19-15-7-8-17-10-13(15)11-18-19/h3-6,11,17H,1-2,7-10H2. The molecule has 0 aliphatic carbocycles. The summed E-state index contributed by atoms with van der Waals surface area (Å²) in [4.78, 5) is 0. The van der Waals surface area contributed by atoms with Crippen molar-refractivity contribution in [2.75, 3.05) is 6.54 Å². The number of halogens is 1. The van der Waals surface area contributed by atoms with Crippen LogP contribution in [0.4, 0.5) is 0 Å². The fourth-order valence-electron chi connectivity index (χ4n) is 2.59. The molecule has 0 spiro atoms. The predicted octanol–water partition coefficient (Wildman–Crippen LogP) is 2.81. The number of aromatic nitrogens is 2. The van der Waals surface area contributed by atoms with Crippen LogP contribution in [0.1, 0.15) is 23.2 Å². The minimum absolute atomic E-state index is 0.803. The highest BCUT2D eigenvalue weighted by atomic mass is 35.5. The van der Waals surface area contributed by atoms with Gasteiger partial charge in [-0.3, -0.25) is 4.68 Å². The molecule has 0 radical (unpaired) electrons. The van der Waals surface area contributed by atoms with Crippen molar-refractivity contribution < 1.29 is 0 Å². The molecule has 2 heterocycles. The quantitative estimate of drug-likeness (QED) is 0.930. The van der Waals surface area contributed by atoms with Crippen molar-refractivity contribution in [3.63, 3.8) is 0 Å². The number of hydrogen-bond acceptors (Lipinski definition) is 2. The number of rotatable bonds is 4. The summed E-state index contributed by atoms with van der Waals surface area (Å²) in [5, 5.41) is 8.68. The van der Waals surface area contributed by atoms with E-state index in [-0.39, 0.29) is 0 Å².